The number of rotatable bonds is 4. The number of aryl methyl sites for hydroxylation is 1. The fraction of sp³-hybridized carbons (Fsp3) is 0.577. The maximum absolute atomic E-state index is 11.0. The molecule has 0 amide bonds. The monoisotopic (exact) mass is 403 g/mol. The van der Waals surface area contributed by atoms with E-state index >= 15 is 0 Å². The normalized spacial score (nSPS) is 14.9. The molecule has 0 fully saturated rings. The van der Waals surface area contributed by atoms with Crippen LogP contribution >= 0.6 is 0 Å². The van der Waals surface area contributed by atoms with Crippen LogP contribution in [0.25, 0.3) is 6.08 Å². The molecule has 1 aliphatic heterocycles. The summed E-state index contributed by atoms with van der Waals surface area (Å²) in [4.78, 5) is 13.2. The van der Waals surface area contributed by atoms with Gasteiger partial charge in [-0.05, 0) is 43.5 Å². The highest BCUT2D eigenvalue weighted by molar-refractivity contribution is 5.79. The first-order valence-corrected chi connectivity index (χ1v) is 11.2. The van der Waals surface area contributed by atoms with Crippen LogP contribution in [0.2, 0.25) is 0 Å². The summed E-state index contributed by atoms with van der Waals surface area (Å²) in [5.74, 6) is -0.762. The van der Waals surface area contributed by atoms with Crippen LogP contribution in [0.4, 0.5) is 5.69 Å². The van der Waals surface area contributed by atoms with Crippen LogP contribution in [0.15, 0.2) is 30.0 Å². The fourth-order valence-electron chi connectivity index (χ4n) is 3.54. The molecule has 1 aromatic rings. The Balaban J connectivity index is 0. The SMILES string of the molecule is C/C=C\c1c(C)ccc2c1C(C)(C)/C(=C\C)N2CCC(=O)O.CC.CC.CCC. The number of hydrogen-bond donors (Lipinski definition) is 1. The number of nitrogens with zero attached hydrogens (tertiary/aromatic N) is 1. The lowest BCUT2D eigenvalue weighted by atomic mass is 9.80. The molecule has 0 unspecified atom stereocenters. The number of carbonyl (C=O) groups is 1. The number of hydrogen-bond acceptors (Lipinski definition) is 2. The molecular weight excluding hydrogens is 358 g/mol. The zero-order valence-electron chi connectivity index (χ0n) is 20.8. The Kier molecular flexibility index (Phi) is 15.0. The van der Waals surface area contributed by atoms with Crippen LogP contribution in [0.3, 0.4) is 0 Å². The van der Waals surface area contributed by atoms with Crippen molar-refractivity contribution in [3.63, 3.8) is 0 Å². The van der Waals surface area contributed by atoms with Crippen molar-refractivity contribution in [3.8, 4) is 0 Å². The van der Waals surface area contributed by atoms with Crippen molar-refractivity contribution in [2.24, 2.45) is 0 Å². The number of fused-ring (bicyclic) bond motifs is 1. The van der Waals surface area contributed by atoms with Crippen molar-refractivity contribution in [1.29, 1.82) is 0 Å². The van der Waals surface area contributed by atoms with E-state index in [2.05, 4.69) is 69.9 Å². The van der Waals surface area contributed by atoms with Crippen LogP contribution in [-0.2, 0) is 10.2 Å². The predicted molar refractivity (Wildman–Crippen MR) is 131 cm³/mol. The van der Waals surface area contributed by atoms with Gasteiger partial charge in [0, 0.05) is 23.3 Å². The highest BCUT2D eigenvalue weighted by Gasteiger charge is 2.41. The minimum absolute atomic E-state index is 0.122. The van der Waals surface area contributed by atoms with Crippen LogP contribution in [0.5, 0.6) is 0 Å². The highest BCUT2D eigenvalue weighted by Crippen LogP contribution is 2.50. The van der Waals surface area contributed by atoms with Crippen molar-refractivity contribution < 1.29 is 9.90 Å². The van der Waals surface area contributed by atoms with Crippen LogP contribution in [-0.4, -0.2) is 17.6 Å². The summed E-state index contributed by atoms with van der Waals surface area (Å²) in [7, 11) is 0. The lowest BCUT2D eigenvalue weighted by Gasteiger charge is -2.26. The minimum atomic E-state index is -0.762. The first-order chi connectivity index (χ1) is 13.8. The van der Waals surface area contributed by atoms with Crippen molar-refractivity contribution in [1.82, 2.24) is 0 Å². The number of carboxylic acid groups (broad SMARTS) is 1. The van der Waals surface area contributed by atoms with Gasteiger partial charge in [0.25, 0.3) is 0 Å². The Morgan fingerprint density at radius 2 is 1.62 bits per heavy atom. The van der Waals surface area contributed by atoms with E-state index in [0.29, 0.717) is 6.54 Å². The predicted octanol–water partition coefficient (Wildman–Crippen LogP) is 7.97. The van der Waals surface area contributed by atoms with E-state index in [0.717, 1.165) is 5.69 Å². The fourth-order valence-corrected chi connectivity index (χ4v) is 3.54. The second-order valence-electron chi connectivity index (χ2n) is 6.99. The molecule has 0 aromatic heterocycles. The van der Waals surface area contributed by atoms with Gasteiger partial charge in [-0.15, -0.1) is 0 Å². The van der Waals surface area contributed by atoms with E-state index in [1.807, 2.05) is 41.5 Å². The Morgan fingerprint density at radius 3 is 2.03 bits per heavy atom. The molecular formula is C26H45NO2. The molecule has 3 heteroatoms. The number of anilines is 1. The van der Waals surface area contributed by atoms with E-state index in [4.69, 9.17) is 5.11 Å². The summed E-state index contributed by atoms with van der Waals surface area (Å²) in [5.41, 5.74) is 5.99. The quantitative estimate of drug-likeness (QED) is 0.554. The van der Waals surface area contributed by atoms with Crippen molar-refractivity contribution in [3.05, 3.63) is 46.7 Å². The van der Waals surface area contributed by atoms with Gasteiger partial charge in [0.05, 0.1) is 6.42 Å². The Labute approximate surface area is 180 Å². The summed E-state index contributed by atoms with van der Waals surface area (Å²) < 4.78 is 0. The Bertz CT molecular complexity index is 670. The number of benzene rings is 1. The second-order valence-corrected chi connectivity index (χ2v) is 6.99. The van der Waals surface area contributed by atoms with Crippen LogP contribution in [0, 0.1) is 6.92 Å². The summed E-state index contributed by atoms with van der Waals surface area (Å²) in [5, 5.41) is 9.04. The standard InChI is InChI=1S/C19H25NO2.C3H8.2C2H6/c1-6-8-14-13(3)9-10-15-18(14)19(4,5)16(7-2)20(15)12-11-17(21)22;1-3-2;2*1-2/h6-10H,11-12H2,1-5H3,(H,21,22);3H2,1-2H3;2*1-2H3/b8-6-,16-7+;;;. The molecule has 166 valence electrons. The molecule has 0 saturated heterocycles. The van der Waals surface area contributed by atoms with Crippen molar-refractivity contribution in [2.75, 3.05) is 11.4 Å². The van der Waals surface area contributed by atoms with Gasteiger partial charge in [-0.1, -0.05) is 86.1 Å². The molecule has 0 radical (unpaired) electrons. The molecule has 3 nitrogen and oxygen atoms in total. The van der Waals surface area contributed by atoms with E-state index in [-0.39, 0.29) is 11.8 Å². The molecule has 0 aliphatic carbocycles. The van der Waals surface area contributed by atoms with E-state index < -0.39 is 5.97 Å². The molecule has 0 bridgehead atoms. The third-order valence-corrected chi connectivity index (χ3v) is 4.44. The molecule has 2 rings (SSSR count). The van der Waals surface area contributed by atoms with E-state index in [1.165, 1.54) is 28.8 Å². The van der Waals surface area contributed by atoms with Crippen LogP contribution in [0.1, 0.15) is 98.8 Å². The molecule has 0 spiro atoms. The highest BCUT2D eigenvalue weighted by atomic mass is 16.4. The number of allylic oxidation sites excluding steroid dienone is 3. The van der Waals surface area contributed by atoms with Gasteiger partial charge >= 0.3 is 5.97 Å². The van der Waals surface area contributed by atoms with Gasteiger partial charge in [0.2, 0.25) is 0 Å². The van der Waals surface area contributed by atoms with E-state index in [9.17, 15) is 4.79 Å². The zero-order chi connectivity index (χ0) is 23.2. The molecule has 29 heavy (non-hydrogen) atoms. The summed E-state index contributed by atoms with van der Waals surface area (Å²) >= 11 is 0. The molecule has 0 atom stereocenters. The zero-order valence-corrected chi connectivity index (χ0v) is 20.8. The van der Waals surface area contributed by atoms with Crippen molar-refractivity contribution >= 4 is 17.7 Å². The average molecular weight is 404 g/mol. The average Bonchev–Trinajstić information content (AvgIpc) is 2.92. The van der Waals surface area contributed by atoms with Gasteiger partial charge in [0.15, 0.2) is 0 Å². The molecule has 1 heterocycles. The Hall–Kier alpha value is -2.03. The van der Waals surface area contributed by atoms with E-state index in [1.54, 1.807) is 0 Å². The number of aliphatic carboxylic acids is 1. The molecule has 1 aromatic carbocycles. The first kappa shape index (κ1) is 29.2. The molecule has 1 N–H and O–H groups in total. The van der Waals surface area contributed by atoms with Crippen molar-refractivity contribution in [2.45, 2.75) is 94.4 Å². The summed E-state index contributed by atoms with van der Waals surface area (Å²) in [6, 6.07) is 4.24. The second kappa shape index (κ2) is 14.9. The third-order valence-electron chi connectivity index (χ3n) is 4.44. The Morgan fingerprint density at radius 1 is 1.10 bits per heavy atom. The third kappa shape index (κ3) is 7.38. The first-order valence-electron chi connectivity index (χ1n) is 11.2. The number of carboxylic acids is 1. The summed E-state index contributed by atoms with van der Waals surface area (Å²) in [6.45, 7) is 23.4. The smallest absolute Gasteiger partial charge is 0.305 e. The maximum Gasteiger partial charge on any atom is 0.305 e. The topological polar surface area (TPSA) is 40.5 Å². The maximum atomic E-state index is 11.0. The molecule has 1 aliphatic rings. The van der Waals surface area contributed by atoms with Gasteiger partial charge in [0.1, 0.15) is 0 Å². The van der Waals surface area contributed by atoms with Gasteiger partial charge in [-0.25, -0.2) is 0 Å². The van der Waals surface area contributed by atoms with Gasteiger partial charge in [-0.2, -0.15) is 0 Å². The lowest BCUT2D eigenvalue weighted by Crippen LogP contribution is -2.28. The van der Waals surface area contributed by atoms with Gasteiger partial charge in [-0.3, -0.25) is 4.79 Å². The largest absolute Gasteiger partial charge is 0.481 e. The lowest BCUT2D eigenvalue weighted by molar-refractivity contribution is -0.136. The molecule has 0 saturated carbocycles. The van der Waals surface area contributed by atoms with Crippen LogP contribution < -0.4 is 4.90 Å². The van der Waals surface area contributed by atoms with Gasteiger partial charge < -0.3 is 10.0 Å². The minimum Gasteiger partial charge on any atom is -0.481 e. The summed E-state index contributed by atoms with van der Waals surface area (Å²) in [6.07, 6.45) is 7.72.